The molecule has 1 amide bonds. The van der Waals surface area contributed by atoms with E-state index in [4.69, 9.17) is 4.42 Å². The minimum atomic E-state index is -0.170. The first-order chi connectivity index (χ1) is 13.4. The summed E-state index contributed by atoms with van der Waals surface area (Å²) in [4.78, 5) is 17.3. The number of carbonyl (C=O) groups excluding carboxylic acids is 1. The fourth-order valence-electron chi connectivity index (χ4n) is 3.22. The van der Waals surface area contributed by atoms with E-state index >= 15 is 0 Å². The number of aromatic nitrogens is 1. The van der Waals surface area contributed by atoms with Crippen LogP contribution in [0.2, 0.25) is 0 Å². The topological polar surface area (TPSA) is 55.1 Å². The van der Waals surface area contributed by atoms with E-state index in [0.29, 0.717) is 11.5 Å². The highest BCUT2D eigenvalue weighted by atomic mass is 79.9. The molecule has 0 atom stereocenters. The van der Waals surface area contributed by atoms with Crippen molar-refractivity contribution in [2.45, 2.75) is 20.8 Å². The van der Waals surface area contributed by atoms with Gasteiger partial charge in [0.25, 0.3) is 5.91 Å². The largest absolute Gasteiger partial charge is 0.436 e. The Morgan fingerprint density at radius 2 is 1.79 bits per heavy atom. The van der Waals surface area contributed by atoms with Crippen molar-refractivity contribution in [3.8, 4) is 11.5 Å². The molecule has 4 rings (SSSR count). The van der Waals surface area contributed by atoms with Gasteiger partial charge in [0.1, 0.15) is 5.52 Å². The van der Waals surface area contributed by atoms with Gasteiger partial charge < -0.3 is 9.73 Å². The molecule has 1 N–H and O–H groups in total. The Hall–Kier alpha value is -2.92. The van der Waals surface area contributed by atoms with Gasteiger partial charge in [0.2, 0.25) is 5.89 Å². The summed E-state index contributed by atoms with van der Waals surface area (Å²) >= 11 is 3.43. The fourth-order valence-corrected chi connectivity index (χ4v) is 3.69. The lowest BCUT2D eigenvalue weighted by atomic mass is 10.1. The number of oxazole rings is 1. The summed E-state index contributed by atoms with van der Waals surface area (Å²) in [5.74, 6) is 0.372. The van der Waals surface area contributed by atoms with Gasteiger partial charge in [-0.3, -0.25) is 4.79 Å². The Labute approximate surface area is 171 Å². The van der Waals surface area contributed by atoms with Crippen LogP contribution in [0.1, 0.15) is 27.0 Å². The zero-order valence-electron chi connectivity index (χ0n) is 15.8. The predicted molar refractivity (Wildman–Crippen MR) is 116 cm³/mol. The molecule has 0 aliphatic rings. The lowest BCUT2D eigenvalue weighted by Crippen LogP contribution is -2.13. The lowest BCUT2D eigenvalue weighted by molar-refractivity contribution is 0.102. The fraction of sp³-hybridized carbons (Fsp3) is 0.130. The van der Waals surface area contributed by atoms with Crippen LogP contribution in [0.3, 0.4) is 0 Å². The average Bonchev–Trinajstić information content (AvgIpc) is 3.08. The molecule has 0 spiro atoms. The molecule has 28 heavy (non-hydrogen) atoms. The van der Waals surface area contributed by atoms with Crippen LogP contribution in [0.5, 0.6) is 0 Å². The Bertz CT molecular complexity index is 1210. The smallest absolute Gasteiger partial charge is 0.256 e. The van der Waals surface area contributed by atoms with Crippen molar-refractivity contribution in [1.82, 2.24) is 4.98 Å². The first-order valence-electron chi connectivity index (χ1n) is 8.97. The molecule has 140 valence electrons. The summed E-state index contributed by atoms with van der Waals surface area (Å²) in [6, 6.07) is 17.3. The monoisotopic (exact) mass is 434 g/mol. The third-order valence-corrected chi connectivity index (χ3v) is 5.36. The first-order valence-corrected chi connectivity index (χ1v) is 9.76. The third-order valence-electron chi connectivity index (χ3n) is 4.67. The SMILES string of the molecule is Cc1cc(C)c2oc(-c3ccc(C)c(NC(=O)c4ccccc4Br)c3)nc2c1. The van der Waals surface area contributed by atoms with Crippen LogP contribution >= 0.6 is 15.9 Å². The number of nitrogens with one attached hydrogen (secondary N) is 1. The van der Waals surface area contributed by atoms with Crippen LogP contribution in [0.15, 0.2) is 63.5 Å². The van der Waals surface area contributed by atoms with Crippen molar-refractivity contribution in [2.75, 3.05) is 5.32 Å². The molecular formula is C23H19BrN2O2. The van der Waals surface area contributed by atoms with Crippen molar-refractivity contribution in [3.63, 3.8) is 0 Å². The molecule has 4 aromatic rings. The van der Waals surface area contributed by atoms with Crippen LogP contribution in [0.25, 0.3) is 22.6 Å². The maximum atomic E-state index is 12.7. The molecule has 1 aromatic heterocycles. The lowest BCUT2D eigenvalue weighted by Gasteiger charge is -2.10. The number of halogens is 1. The van der Waals surface area contributed by atoms with Crippen molar-refractivity contribution in [3.05, 3.63) is 81.3 Å². The van der Waals surface area contributed by atoms with Gasteiger partial charge in [0, 0.05) is 15.7 Å². The molecule has 0 radical (unpaired) electrons. The van der Waals surface area contributed by atoms with E-state index < -0.39 is 0 Å². The number of benzene rings is 3. The number of anilines is 1. The van der Waals surface area contributed by atoms with Crippen LogP contribution < -0.4 is 5.32 Å². The van der Waals surface area contributed by atoms with Crippen molar-refractivity contribution >= 4 is 38.6 Å². The van der Waals surface area contributed by atoms with E-state index in [0.717, 1.165) is 43.5 Å². The molecule has 0 saturated heterocycles. The van der Waals surface area contributed by atoms with Crippen molar-refractivity contribution in [1.29, 1.82) is 0 Å². The number of rotatable bonds is 3. The maximum Gasteiger partial charge on any atom is 0.256 e. The quantitative estimate of drug-likeness (QED) is 0.403. The molecule has 0 saturated carbocycles. The van der Waals surface area contributed by atoms with Gasteiger partial charge in [0.05, 0.1) is 5.56 Å². The van der Waals surface area contributed by atoms with E-state index in [9.17, 15) is 4.79 Å². The molecule has 0 unspecified atom stereocenters. The standard InChI is InChI=1S/C23H19BrN2O2/c1-13-10-15(3)21-20(11-13)26-23(28-21)16-9-8-14(2)19(12-16)25-22(27)17-6-4-5-7-18(17)24/h4-12H,1-3H3,(H,25,27). The third kappa shape index (κ3) is 3.45. The number of carbonyl (C=O) groups is 1. The molecule has 4 nitrogen and oxygen atoms in total. The number of hydrogen-bond acceptors (Lipinski definition) is 3. The van der Waals surface area contributed by atoms with Gasteiger partial charge in [-0.15, -0.1) is 0 Å². The van der Waals surface area contributed by atoms with Gasteiger partial charge in [-0.2, -0.15) is 0 Å². The Kier molecular flexibility index (Phi) is 4.77. The van der Waals surface area contributed by atoms with Gasteiger partial charge in [-0.05, 0) is 83.7 Å². The number of amides is 1. The summed E-state index contributed by atoms with van der Waals surface area (Å²) < 4.78 is 6.77. The number of aryl methyl sites for hydroxylation is 3. The minimum absolute atomic E-state index is 0.170. The second kappa shape index (κ2) is 7.24. The minimum Gasteiger partial charge on any atom is -0.436 e. The van der Waals surface area contributed by atoms with Crippen LogP contribution in [0, 0.1) is 20.8 Å². The van der Waals surface area contributed by atoms with E-state index in [1.165, 1.54) is 0 Å². The second-order valence-corrected chi connectivity index (χ2v) is 7.77. The van der Waals surface area contributed by atoms with Gasteiger partial charge in [-0.25, -0.2) is 4.98 Å². The molecular weight excluding hydrogens is 416 g/mol. The highest BCUT2D eigenvalue weighted by Gasteiger charge is 2.14. The zero-order valence-corrected chi connectivity index (χ0v) is 17.4. The summed E-state index contributed by atoms with van der Waals surface area (Å²) in [6.45, 7) is 6.02. The highest BCUT2D eigenvalue weighted by molar-refractivity contribution is 9.10. The molecule has 3 aromatic carbocycles. The molecule has 0 aliphatic carbocycles. The van der Waals surface area contributed by atoms with Crippen LogP contribution in [0.4, 0.5) is 5.69 Å². The molecule has 1 heterocycles. The van der Waals surface area contributed by atoms with E-state index in [1.807, 2.05) is 63.2 Å². The van der Waals surface area contributed by atoms with Crippen LogP contribution in [-0.2, 0) is 0 Å². The summed E-state index contributed by atoms with van der Waals surface area (Å²) in [5, 5.41) is 2.99. The van der Waals surface area contributed by atoms with Gasteiger partial charge in [-0.1, -0.05) is 24.3 Å². The molecule has 0 fully saturated rings. The van der Waals surface area contributed by atoms with E-state index in [2.05, 4.69) is 32.3 Å². The summed E-state index contributed by atoms with van der Waals surface area (Å²) in [7, 11) is 0. The normalized spacial score (nSPS) is 11.0. The summed E-state index contributed by atoms with van der Waals surface area (Å²) in [6.07, 6.45) is 0. The Morgan fingerprint density at radius 1 is 1.00 bits per heavy atom. The number of nitrogens with zero attached hydrogens (tertiary/aromatic N) is 1. The van der Waals surface area contributed by atoms with Crippen molar-refractivity contribution in [2.24, 2.45) is 0 Å². The summed E-state index contributed by atoms with van der Waals surface area (Å²) in [5.41, 5.74) is 6.94. The first kappa shape index (κ1) is 18.4. The van der Waals surface area contributed by atoms with E-state index in [1.54, 1.807) is 6.07 Å². The zero-order chi connectivity index (χ0) is 19.8. The molecule has 5 heteroatoms. The van der Waals surface area contributed by atoms with Gasteiger partial charge in [0.15, 0.2) is 5.58 Å². The maximum absolute atomic E-state index is 12.7. The van der Waals surface area contributed by atoms with E-state index in [-0.39, 0.29) is 5.91 Å². The highest BCUT2D eigenvalue weighted by Crippen LogP contribution is 2.30. The Morgan fingerprint density at radius 3 is 2.57 bits per heavy atom. The van der Waals surface area contributed by atoms with Gasteiger partial charge >= 0.3 is 0 Å². The predicted octanol–water partition coefficient (Wildman–Crippen LogP) is 6.43. The second-order valence-electron chi connectivity index (χ2n) is 6.91. The van der Waals surface area contributed by atoms with Crippen LogP contribution in [-0.4, -0.2) is 10.9 Å². The molecule has 0 bridgehead atoms. The molecule has 0 aliphatic heterocycles. The Balaban J connectivity index is 1.71. The number of fused-ring (bicyclic) bond motifs is 1. The number of hydrogen-bond donors (Lipinski definition) is 1. The van der Waals surface area contributed by atoms with Crippen molar-refractivity contribution < 1.29 is 9.21 Å². The average molecular weight is 435 g/mol.